The molecule has 0 saturated carbocycles. The van der Waals surface area contributed by atoms with Crippen LogP contribution >= 0.6 is 11.3 Å². The number of aromatic nitrogens is 4. The number of hydrogen-bond donors (Lipinski definition) is 0. The molecule has 3 aromatic rings. The predicted octanol–water partition coefficient (Wildman–Crippen LogP) is 2.69. The second kappa shape index (κ2) is 6.14. The van der Waals surface area contributed by atoms with Gasteiger partial charge in [0, 0.05) is 19.0 Å². The van der Waals surface area contributed by atoms with Crippen molar-refractivity contribution in [3.05, 3.63) is 35.1 Å². The summed E-state index contributed by atoms with van der Waals surface area (Å²) in [7, 11) is -3.61. The van der Waals surface area contributed by atoms with E-state index in [0.29, 0.717) is 18.0 Å². The summed E-state index contributed by atoms with van der Waals surface area (Å²) in [5, 5.41) is 13.9. The standard InChI is InChI=1S/C15H16N4O3S2/c20-24(21,15-17-16-14-6-2-1-3-7-19(14)15)10-11-9-12(22-18-11)13-5-4-8-23-13/h4-5,8-9H,1-3,6-7,10H2. The van der Waals surface area contributed by atoms with Crippen molar-refractivity contribution in [2.75, 3.05) is 0 Å². The first-order chi connectivity index (χ1) is 11.6. The van der Waals surface area contributed by atoms with Crippen LogP contribution in [-0.2, 0) is 28.6 Å². The van der Waals surface area contributed by atoms with E-state index in [1.807, 2.05) is 17.5 Å². The van der Waals surface area contributed by atoms with Crippen LogP contribution in [-0.4, -0.2) is 28.3 Å². The predicted molar refractivity (Wildman–Crippen MR) is 88.3 cm³/mol. The first kappa shape index (κ1) is 15.5. The van der Waals surface area contributed by atoms with Crippen molar-refractivity contribution in [2.24, 2.45) is 0 Å². The lowest BCUT2D eigenvalue weighted by molar-refractivity contribution is 0.426. The molecular formula is C15H16N4O3S2. The number of thiophene rings is 1. The monoisotopic (exact) mass is 364 g/mol. The second-order valence-electron chi connectivity index (χ2n) is 5.78. The van der Waals surface area contributed by atoms with E-state index >= 15 is 0 Å². The molecule has 24 heavy (non-hydrogen) atoms. The normalized spacial score (nSPS) is 15.2. The summed E-state index contributed by atoms with van der Waals surface area (Å²) < 4.78 is 32.5. The van der Waals surface area contributed by atoms with Crippen LogP contribution in [0.25, 0.3) is 10.6 Å². The van der Waals surface area contributed by atoms with Gasteiger partial charge in [0.1, 0.15) is 11.6 Å². The zero-order valence-corrected chi connectivity index (χ0v) is 14.5. The molecule has 0 atom stereocenters. The Bertz CT molecular complexity index is 941. The molecule has 1 aliphatic heterocycles. The summed E-state index contributed by atoms with van der Waals surface area (Å²) in [5.74, 6) is 1.10. The summed E-state index contributed by atoms with van der Waals surface area (Å²) in [6, 6.07) is 5.48. The maximum atomic E-state index is 12.7. The van der Waals surface area contributed by atoms with Gasteiger partial charge in [-0.05, 0) is 24.3 Å². The molecule has 1 aliphatic rings. The highest BCUT2D eigenvalue weighted by molar-refractivity contribution is 7.90. The molecule has 7 nitrogen and oxygen atoms in total. The van der Waals surface area contributed by atoms with Crippen molar-refractivity contribution in [3.8, 4) is 10.6 Å². The fourth-order valence-electron chi connectivity index (χ4n) is 2.86. The maximum Gasteiger partial charge on any atom is 0.250 e. The average Bonchev–Trinajstić information content (AvgIpc) is 3.26. The van der Waals surface area contributed by atoms with Crippen LogP contribution in [0.3, 0.4) is 0 Å². The first-order valence-electron chi connectivity index (χ1n) is 7.78. The Labute approximate surface area is 143 Å². The molecule has 0 radical (unpaired) electrons. The van der Waals surface area contributed by atoms with Gasteiger partial charge in [-0.15, -0.1) is 21.5 Å². The van der Waals surface area contributed by atoms with Crippen LogP contribution in [0.5, 0.6) is 0 Å². The smallest absolute Gasteiger partial charge is 0.250 e. The number of nitrogens with zero attached hydrogens (tertiary/aromatic N) is 4. The lowest BCUT2D eigenvalue weighted by atomic mass is 10.2. The number of fused-ring (bicyclic) bond motifs is 1. The molecule has 0 aliphatic carbocycles. The van der Waals surface area contributed by atoms with Crippen LogP contribution in [0.1, 0.15) is 30.8 Å². The quantitative estimate of drug-likeness (QED) is 0.707. The van der Waals surface area contributed by atoms with Crippen molar-refractivity contribution in [1.29, 1.82) is 0 Å². The molecular weight excluding hydrogens is 348 g/mol. The average molecular weight is 364 g/mol. The minimum atomic E-state index is -3.61. The van der Waals surface area contributed by atoms with Gasteiger partial charge in [0.05, 0.1) is 10.6 Å². The molecule has 0 N–H and O–H groups in total. The van der Waals surface area contributed by atoms with Crippen LogP contribution in [0.2, 0.25) is 0 Å². The summed E-state index contributed by atoms with van der Waals surface area (Å²) in [6.07, 6.45) is 3.82. The van der Waals surface area contributed by atoms with Crippen LogP contribution in [0.15, 0.2) is 33.3 Å². The maximum absolute atomic E-state index is 12.7. The molecule has 126 valence electrons. The van der Waals surface area contributed by atoms with Crippen LogP contribution < -0.4 is 0 Å². The molecule has 0 bridgehead atoms. The fourth-order valence-corrected chi connectivity index (χ4v) is 4.89. The Kier molecular flexibility index (Phi) is 3.97. The molecule has 0 amide bonds. The SMILES string of the molecule is O=S(=O)(Cc1cc(-c2cccs2)on1)c1nnc2n1CCCCC2. The highest BCUT2D eigenvalue weighted by Crippen LogP contribution is 2.27. The summed E-state index contributed by atoms with van der Waals surface area (Å²) in [5.41, 5.74) is 0.379. The summed E-state index contributed by atoms with van der Waals surface area (Å²) >= 11 is 1.52. The third-order valence-corrected chi connectivity index (χ3v) is 6.43. The molecule has 0 aromatic carbocycles. The molecule has 4 rings (SSSR count). The minimum Gasteiger partial charge on any atom is -0.355 e. The highest BCUT2D eigenvalue weighted by Gasteiger charge is 2.27. The summed E-state index contributed by atoms with van der Waals surface area (Å²) in [4.78, 5) is 0.919. The summed E-state index contributed by atoms with van der Waals surface area (Å²) in [6.45, 7) is 0.649. The number of hydrogen-bond acceptors (Lipinski definition) is 7. The Morgan fingerprint density at radius 1 is 1.25 bits per heavy atom. The Morgan fingerprint density at radius 2 is 2.17 bits per heavy atom. The van der Waals surface area contributed by atoms with Gasteiger partial charge < -0.3 is 9.09 Å². The van der Waals surface area contributed by atoms with Crippen molar-refractivity contribution >= 4 is 21.2 Å². The van der Waals surface area contributed by atoms with Gasteiger partial charge in [-0.3, -0.25) is 0 Å². The van der Waals surface area contributed by atoms with E-state index in [1.54, 1.807) is 10.6 Å². The van der Waals surface area contributed by atoms with E-state index in [0.717, 1.165) is 36.4 Å². The first-order valence-corrected chi connectivity index (χ1v) is 10.3. The molecule has 4 heterocycles. The zero-order valence-electron chi connectivity index (χ0n) is 12.9. The lowest BCUT2D eigenvalue weighted by Gasteiger charge is -2.06. The number of rotatable bonds is 4. The molecule has 0 unspecified atom stereocenters. The minimum absolute atomic E-state index is 0.0417. The molecule has 9 heteroatoms. The third kappa shape index (κ3) is 2.89. The second-order valence-corrected chi connectivity index (χ2v) is 8.61. The molecule has 0 spiro atoms. The topological polar surface area (TPSA) is 90.9 Å². The van der Waals surface area contributed by atoms with E-state index in [4.69, 9.17) is 4.52 Å². The van der Waals surface area contributed by atoms with E-state index in [-0.39, 0.29) is 10.9 Å². The molecule has 3 aromatic heterocycles. The van der Waals surface area contributed by atoms with Crippen molar-refractivity contribution in [1.82, 2.24) is 19.9 Å². The fraction of sp³-hybridized carbons (Fsp3) is 0.400. The van der Waals surface area contributed by atoms with Crippen molar-refractivity contribution in [2.45, 2.75) is 43.1 Å². The Balaban J connectivity index is 1.61. The van der Waals surface area contributed by atoms with Crippen molar-refractivity contribution in [3.63, 3.8) is 0 Å². The van der Waals surface area contributed by atoms with Gasteiger partial charge in [-0.25, -0.2) is 8.42 Å². The number of sulfone groups is 1. The number of aryl methyl sites for hydroxylation is 1. The van der Waals surface area contributed by atoms with Gasteiger partial charge >= 0.3 is 0 Å². The van der Waals surface area contributed by atoms with E-state index in [1.165, 1.54) is 11.3 Å². The lowest BCUT2D eigenvalue weighted by Crippen LogP contribution is -2.14. The highest BCUT2D eigenvalue weighted by atomic mass is 32.2. The zero-order chi connectivity index (χ0) is 16.6. The van der Waals surface area contributed by atoms with E-state index in [2.05, 4.69) is 15.4 Å². The van der Waals surface area contributed by atoms with Gasteiger partial charge in [-0.1, -0.05) is 17.6 Å². The third-order valence-electron chi connectivity index (χ3n) is 4.01. The Hall–Kier alpha value is -2.00. The van der Waals surface area contributed by atoms with Crippen LogP contribution in [0, 0.1) is 0 Å². The molecule has 0 saturated heterocycles. The van der Waals surface area contributed by atoms with Gasteiger partial charge in [0.25, 0.3) is 0 Å². The van der Waals surface area contributed by atoms with E-state index in [9.17, 15) is 8.42 Å². The van der Waals surface area contributed by atoms with Gasteiger partial charge in [0.15, 0.2) is 5.76 Å². The Morgan fingerprint density at radius 3 is 3.00 bits per heavy atom. The molecule has 0 fully saturated rings. The van der Waals surface area contributed by atoms with E-state index < -0.39 is 9.84 Å². The largest absolute Gasteiger partial charge is 0.355 e. The van der Waals surface area contributed by atoms with Crippen LogP contribution in [0.4, 0.5) is 0 Å². The van der Waals surface area contributed by atoms with Crippen molar-refractivity contribution < 1.29 is 12.9 Å². The van der Waals surface area contributed by atoms with Gasteiger partial charge in [0.2, 0.25) is 15.0 Å². The van der Waals surface area contributed by atoms with Gasteiger partial charge in [-0.2, -0.15) is 0 Å².